The Morgan fingerprint density at radius 2 is 1.91 bits per heavy atom. The predicted molar refractivity (Wildman–Crippen MR) is 89.7 cm³/mol. The van der Waals surface area contributed by atoms with E-state index in [1.54, 1.807) is 12.3 Å². The molecular formula is C19H16N2S. The smallest absolute Gasteiger partial charge is 0.140 e. The highest BCUT2D eigenvalue weighted by atomic mass is 32.2. The summed E-state index contributed by atoms with van der Waals surface area (Å²) in [4.78, 5) is 5.41. The van der Waals surface area contributed by atoms with Crippen LogP contribution < -0.4 is 0 Å². The second kappa shape index (κ2) is 5.87. The molecule has 2 nitrogen and oxygen atoms in total. The Bertz CT molecular complexity index is 802. The molecule has 0 radical (unpaired) electrons. The quantitative estimate of drug-likeness (QED) is 0.687. The molecule has 2 aromatic rings. The van der Waals surface area contributed by atoms with Crippen LogP contribution in [0.2, 0.25) is 0 Å². The third-order valence-electron chi connectivity index (χ3n) is 3.92. The predicted octanol–water partition coefficient (Wildman–Crippen LogP) is 4.13. The van der Waals surface area contributed by atoms with Crippen molar-refractivity contribution in [3.05, 3.63) is 58.9 Å². The molecule has 0 spiro atoms. The number of hydrogen-bond donors (Lipinski definition) is 0. The Morgan fingerprint density at radius 3 is 2.64 bits per heavy atom. The number of rotatable bonds is 0. The summed E-state index contributed by atoms with van der Waals surface area (Å²) in [5.74, 6) is 7.50. The fourth-order valence-corrected chi connectivity index (χ4v) is 3.98. The van der Waals surface area contributed by atoms with Gasteiger partial charge in [0.2, 0.25) is 0 Å². The summed E-state index contributed by atoms with van der Waals surface area (Å²) in [6, 6.07) is 12.0. The van der Waals surface area contributed by atoms with Gasteiger partial charge < -0.3 is 0 Å². The highest BCUT2D eigenvalue weighted by Gasteiger charge is 2.27. The van der Waals surface area contributed by atoms with Crippen molar-refractivity contribution in [2.75, 3.05) is 5.75 Å². The number of nitrogens with zero attached hydrogens (tertiary/aromatic N) is 2. The van der Waals surface area contributed by atoms with Crippen LogP contribution in [-0.4, -0.2) is 10.7 Å². The van der Waals surface area contributed by atoms with Crippen molar-refractivity contribution in [3.63, 3.8) is 0 Å². The van der Waals surface area contributed by atoms with Gasteiger partial charge in [-0.15, -0.1) is 11.8 Å². The minimum Gasteiger partial charge on any atom is -0.244 e. The lowest BCUT2D eigenvalue weighted by molar-refractivity contribution is 0.494. The van der Waals surface area contributed by atoms with E-state index in [1.807, 2.05) is 23.9 Å². The second-order valence-electron chi connectivity index (χ2n) is 5.99. The summed E-state index contributed by atoms with van der Waals surface area (Å²) in [6.45, 7) is 4.60. The molecule has 3 heteroatoms. The van der Waals surface area contributed by atoms with Gasteiger partial charge in [0.25, 0.3) is 0 Å². The molecule has 3 rings (SSSR count). The Kier molecular flexibility index (Phi) is 3.92. The molecule has 2 heterocycles. The lowest BCUT2D eigenvalue weighted by atomic mass is 9.81. The van der Waals surface area contributed by atoms with Crippen LogP contribution in [0.3, 0.4) is 0 Å². The summed E-state index contributed by atoms with van der Waals surface area (Å²) in [5.41, 5.74) is 3.88. The number of aromatic nitrogens is 1. The average molecular weight is 304 g/mol. The fourth-order valence-electron chi connectivity index (χ4n) is 2.49. The zero-order chi connectivity index (χ0) is 15.6. The third-order valence-corrected chi connectivity index (χ3v) is 5.00. The van der Waals surface area contributed by atoms with E-state index >= 15 is 0 Å². The van der Waals surface area contributed by atoms with Crippen molar-refractivity contribution in [3.8, 4) is 17.9 Å². The molecule has 108 valence electrons. The van der Waals surface area contributed by atoms with Gasteiger partial charge in [0.15, 0.2) is 0 Å². The lowest BCUT2D eigenvalue weighted by Crippen LogP contribution is -2.22. The van der Waals surface area contributed by atoms with Crippen molar-refractivity contribution in [1.82, 2.24) is 4.98 Å². The maximum Gasteiger partial charge on any atom is 0.140 e. The number of benzene rings is 1. The molecule has 1 aliphatic heterocycles. The van der Waals surface area contributed by atoms with Crippen molar-refractivity contribution >= 4 is 11.8 Å². The molecule has 1 aliphatic rings. The van der Waals surface area contributed by atoms with Crippen LogP contribution in [0.5, 0.6) is 0 Å². The highest BCUT2D eigenvalue weighted by Crippen LogP contribution is 2.41. The molecule has 1 aromatic heterocycles. The molecule has 1 aromatic carbocycles. The van der Waals surface area contributed by atoms with Gasteiger partial charge in [-0.05, 0) is 53.5 Å². The van der Waals surface area contributed by atoms with Crippen LogP contribution in [0.4, 0.5) is 0 Å². The number of thioether (sulfide) groups is 1. The number of nitriles is 1. The SMILES string of the molecule is CC1(C)CCSc2ccc(C#Cc3ccc(C#N)nc3)cc21. The first-order valence-electron chi connectivity index (χ1n) is 7.24. The van der Waals surface area contributed by atoms with Gasteiger partial charge in [-0.2, -0.15) is 5.26 Å². The van der Waals surface area contributed by atoms with Gasteiger partial charge in [-0.1, -0.05) is 25.7 Å². The Balaban J connectivity index is 1.91. The molecular weight excluding hydrogens is 288 g/mol. The molecule has 22 heavy (non-hydrogen) atoms. The van der Waals surface area contributed by atoms with E-state index in [-0.39, 0.29) is 5.41 Å². The normalized spacial score (nSPS) is 15.1. The molecule has 0 fully saturated rings. The molecule has 0 amide bonds. The van der Waals surface area contributed by atoms with Crippen molar-refractivity contribution in [2.45, 2.75) is 30.6 Å². The molecule has 0 saturated carbocycles. The van der Waals surface area contributed by atoms with Gasteiger partial charge in [0, 0.05) is 22.2 Å². The molecule has 0 unspecified atom stereocenters. The van der Waals surface area contributed by atoms with Gasteiger partial charge in [-0.3, -0.25) is 0 Å². The van der Waals surface area contributed by atoms with Crippen LogP contribution in [0.1, 0.15) is 42.7 Å². The van der Waals surface area contributed by atoms with Crippen molar-refractivity contribution in [2.24, 2.45) is 0 Å². The van der Waals surface area contributed by atoms with Crippen LogP contribution in [0, 0.1) is 23.2 Å². The minimum atomic E-state index is 0.217. The van der Waals surface area contributed by atoms with E-state index < -0.39 is 0 Å². The zero-order valence-electron chi connectivity index (χ0n) is 12.7. The molecule has 0 atom stereocenters. The number of hydrogen-bond acceptors (Lipinski definition) is 3. The largest absolute Gasteiger partial charge is 0.244 e. The molecule has 0 N–H and O–H groups in total. The monoisotopic (exact) mass is 304 g/mol. The number of pyridine rings is 1. The van der Waals surface area contributed by atoms with Gasteiger partial charge in [0.1, 0.15) is 11.8 Å². The standard InChI is InChI=1S/C19H16N2S/c1-19(2)9-10-22-18-8-6-14(11-17(18)19)3-4-15-5-7-16(12-20)21-13-15/h5-8,11,13H,9-10H2,1-2H3. The van der Waals surface area contributed by atoms with E-state index in [2.05, 4.69) is 48.9 Å². The van der Waals surface area contributed by atoms with Crippen LogP contribution in [0.15, 0.2) is 41.4 Å². The van der Waals surface area contributed by atoms with E-state index in [9.17, 15) is 0 Å². The first kappa shape index (κ1) is 14.7. The first-order valence-corrected chi connectivity index (χ1v) is 8.22. The fraction of sp³-hybridized carbons (Fsp3) is 0.263. The second-order valence-corrected chi connectivity index (χ2v) is 7.12. The Labute approximate surface area is 135 Å². The molecule has 0 saturated heterocycles. The van der Waals surface area contributed by atoms with Gasteiger partial charge in [0.05, 0.1) is 0 Å². The Morgan fingerprint density at radius 1 is 1.14 bits per heavy atom. The van der Waals surface area contributed by atoms with E-state index in [0.29, 0.717) is 5.69 Å². The average Bonchev–Trinajstić information content (AvgIpc) is 2.53. The van der Waals surface area contributed by atoms with E-state index in [4.69, 9.17) is 5.26 Å². The van der Waals surface area contributed by atoms with Gasteiger partial charge in [-0.25, -0.2) is 4.98 Å². The number of fused-ring (bicyclic) bond motifs is 1. The maximum atomic E-state index is 8.75. The van der Waals surface area contributed by atoms with Crippen molar-refractivity contribution in [1.29, 1.82) is 5.26 Å². The van der Waals surface area contributed by atoms with Crippen LogP contribution in [0.25, 0.3) is 0 Å². The lowest BCUT2D eigenvalue weighted by Gasteiger charge is -2.32. The summed E-state index contributed by atoms with van der Waals surface area (Å²) in [6.07, 6.45) is 2.84. The highest BCUT2D eigenvalue weighted by molar-refractivity contribution is 7.99. The minimum absolute atomic E-state index is 0.217. The van der Waals surface area contributed by atoms with Gasteiger partial charge >= 0.3 is 0 Å². The first-order chi connectivity index (χ1) is 10.6. The van der Waals surface area contributed by atoms with Crippen LogP contribution >= 0.6 is 11.8 Å². The maximum absolute atomic E-state index is 8.75. The Hall–Kier alpha value is -2.23. The van der Waals surface area contributed by atoms with E-state index in [0.717, 1.165) is 11.1 Å². The molecule has 0 bridgehead atoms. The van der Waals surface area contributed by atoms with E-state index in [1.165, 1.54) is 22.6 Å². The third kappa shape index (κ3) is 3.01. The summed E-state index contributed by atoms with van der Waals surface area (Å²) in [5, 5.41) is 8.75. The summed E-state index contributed by atoms with van der Waals surface area (Å²) in [7, 11) is 0. The zero-order valence-corrected chi connectivity index (χ0v) is 13.5. The van der Waals surface area contributed by atoms with Crippen LogP contribution in [-0.2, 0) is 5.41 Å². The summed E-state index contributed by atoms with van der Waals surface area (Å²) >= 11 is 1.93. The summed E-state index contributed by atoms with van der Waals surface area (Å²) < 4.78 is 0. The topological polar surface area (TPSA) is 36.7 Å². The van der Waals surface area contributed by atoms with Crippen molar-refractivity contribution < 1.29 is 0 Å². The molecule has 0 aliphatic carbocycles.